The maximum Gasteiger partial charge on any atom is 0.319 e. The summed E-state index contributed by atoms with van der Waals surface area (Å²) in [5, 5.41) is 8.05. The van der Waals surface area contributed by atoms with Crippen LogP contribution in [0.2, 0.25) is 0 Å². The molecule has 1 aromatic rings. The lowest BCUT2D eigenvalue weighted by Gasteiger charge is -2.15. The van der Waals surface area contributed by atoms with Crippen molar-refractivity contribution in [2.75, 3.05) is 10.6 Å². The SMILES string of the molecule is CC(C)NC(=O)Nc1ccccc1NC(=O)[C@H](C)N.Cl. The highest BCUT2D eigenvalue weighted by molar-refractivity contribution is 6.00. The number of hydrogen-bond acceptors (Lipinski definition) is 3. The number of nitrogens with two attached hydrogens (primary N) is 1. The molecule has 20 heavy (non-hydrogen) atoms. The smallest absolute Gasteiger partial charge is 0.319 e. The van der Waals surface area contributed by atoms with Crippen LogP contribution in [0.25, 0.3) is 0 Å². The van der Waals surface area contributed by atoms with Crippen molar-refractivity contribution in [3.8, 4) is 0 Å². The van der Waals surface area contributed by atoms with E-state index in [4.69, 9.17) is 5.73 Å². The highest BCUT2D eigenvalue weighted by Crippen LogP contribution is 2.20. The Morgan fingerprint density at radius 2 is 1.55 bits per heavy atom. The van der Waals surface area contributed by atoms with E-state index in [0.717, 1.165) is 0 Å². The first kappa shape index (κ1) is 18.2. The zero-order valence-corrected chi connectivity index (χ0v) is 12.6. The van der Waals surface area contributed by atoms with E-state index < -0.39 is 6.04 Å². The summed E-state index contributed by atoms with van der Waals surface area (Å²) in [6.07, 6.45) is 0. The second kappa shape index (κ2) is 8.39. The standard InChI is InChI=1S/C13H20N4O2.ClH/c1-8(2)15-13(19)17-11-7-5-4-6-10(11)16-12(18)9(3)14;/h4-9H,14H2,1-3H3,(H,16,18)(H2,15,17,19);1H/t9-;/m0./s1. The van der Waals surface area contributed by atoms with Crippen LogP contribution in [0.4, 0.5) is 16.2 Å². The zero-order valence-electron chi connectivity index (χ0n) is 11.8. The number of rotatable bonds is 4. The van der Waals surface area contributed by atoms with Crippen molar-refractivity contribution in [1.29, 1.82) is 0 Å². The molecule has 0 heterocycles. The van der Waals surface area contributed by atoms with Gasteiger partial charge in [0.1, 0.15) is 0 Å². The van der Waals surface area contributed by atoms with Gasteiger partial charge < -0.3 is 21.7 Å². The van der Waals surface area contributed by atoms with Crippen LogP contribution in [-0.2, 0) is 4.79 Å². The van der Waals surface area contributed by atoms with Crippen LogP contribution < -0.4 is 21.7 Å². The molecule has 0 aromatic heterocycles. The van der Waals surface area contributed by atoms with Crippen molar-refractivity contribution in [2.24, 2.45) is 5.73 Å². The van der Waals surface area contributed by atoms with Gasteiger partial charge in [0.05, 0.1) is 17.4 Å². The van der Waals surface area contributed by atoms with Crippen molar-refractivity contribution in [3.63, 3.8) is 0 Å². The molecule has 5 N–H and O–H groups in total. The molecule has 0 radical (unpaired) electrons. The summed E-state index contributed by atoms with van der Waals surface area (Å²) in [6, 6.07) is 6.04. The first-order valence-electron chi connectivity index (χ1n) is 6.13. The molecule has 0 aliphatic rings. The molecule has 3 amide bonds. The van der Waals surface area contributed by atoms with Gasteiger partial charge in [-0.15, -0.1) is 12.4 Å². The van der Waals surface area contributed by atoms with Gasteiger partial charge in [-0.2, -0.15) is 0 Å². The minimum atomic E-state index is -0.613. The van der Waals surface area contributed by atoms with E-state index in [1.54, 1.807) is 31.2 Å². The minimum absolute atomic E-state index is 0. The van der Waals surface area contributed by atoms with Crippen molar-refractivity contribution in [3.05, 3.63) is 24.3 Å². The number of urea groups is 1. The number of carbonyl (C=O) groups excluding carboxylic acids is 2. The zero-order chi connectivity index (χ0) is 14.4. The first-order chi connectivity index (χ1) is 8.90. The average Bonchev–Trinajstić information content (AvgIpc) is 2.30. The maximum atomic E-state index is 11.6. The lowest BCUT2D eigenvalue weighted by Crippen LogP contribution is -2.35. The molecule has 0 aliphatic carbocycles. The van der Waals surface area contributed by atoms with Crippen LogP contribution in [0.1, 0.15) is 20.8 Å². The Kier molecular flexibility index (Phi) is 7.64. The molecule has 0 unspecified atom stereocenters. The highest BCUT2D eigenvalue weighted by Gasteiger charge is 2.11. The molecule has 0 bridgehead atoms. The van der Waals surface area contributed by atoms with E-state index in [2.05, 4.69) is 16.0 Å². The number of amides is 3. The lowest BCUT2D eigenvalue weighted by atomic mass is 10.2. The molecular weight excluding hydrogens is 280 g/mol. The summed E-state index contributed by atoms with van der Waals surface area (Å²) in [7, 11) is 0. The van der Waals surface area contributed by atoms with Crippen LogP contribution in [0.3, 0.4) is 0 Å². The van der Waals surface area contributed by atoms with Crippen molar-refractivity contribution < 1.29 is 9.59 Å². The largest absolute Gasteiger partial charge is 0.336 e. The maximum absolute atomic E-state index is 11.6. The fourth-order valence-corrected chi connectivity index (χ4v) is 1.37. The third-order valence-electron chi connectivity index (χ3n) is 2.27. The van der Waals surface area contributed by atoms with Gasteiger partial charge in [-0.3, -0.25) is 4.79 Å². The van der Waals surface area contributed by atoms with Crippen molar-refractivity contribution in [1.82, 2.24) is 5.32 Å². The quantitative estimate of drug-likeness (QED) is 0.684. The molecule has 0 saturated heterocycles. The predicted octanol–water partition coefficient (Wildman–Crippen LogP) is 1.92. The molecule has 1 atom stereocenters. The molecule has 1 rings (SSSR count). The average molecular weight is 301 g/mol. The Hall–Kier alpha value is -1.79. The van der Waals surface area contributed by atoms with Gasteiger partial charge in [0.25, 0.3) is 0 Å². The molecule has 0 saturated carbocycles. The second-order valence-electron chi connectivity index (χ2n) is 4.58. The lowest BCUT2D eigenvalue weighted by molar-refractivity contribution is -0.117. The number of anilines is 2. The molecule has 1 aromatic carbocycles. The van der Waals surface area contributed by atoms with Gasteiger partial charge in [-0.1, -0.05) is 12.1 Å². The third kappa shape index (κ3) is 5.90. The Balaban J connectivity index is 0.00000361. The fraction of sp³-hybridized carbons (Fsp3) is 0.385. The number of hydrogen-bond donors (Lipinski definition) is 4. The molecule has 7 heteroatoms. The van der Waals surface area contributed by atoms with Gasteiger partial charge in [0.15, 0.2) is 0 Å². The Labute approximate surface area is 124 Å². The monoisotopic (exact) mass is 300 g/mol. The van der Waals surface area contributed by atoms with Gasteiger partial charge in [0, 0.05) is 6.04 Å². The number of para-hydroxylation sites is 2. The summed E-state index contributed by atoms with van der Waals surface area (Å²) in [5.74, 6) is -0.307. The third-order valence-corrected chi connectivity index (χ3v) is 2.27. The van der Waals surface area contributed by atoms with E-state index in [-0.39, 0.29) is 30.4 Å². The van der Waals surface area contributed by atoms with E-state index in [1.165, 1.54) is 0 Å². The van der Waals surface area contributed by atoms with Crippen molar-refractivity contribution in [2.45, 2.75) is 32.9 Å². The molecule has 0 fully saturated rings. The predicted molar refractivity (Wildman–Crippen MR) is 83.3 cm³/mol. The highest BCUT2D eigenvalue weighted by atomic mass is 35.5. The topological polar surface area (TPSA) is 96.2 Å². The minimum Gasteiger partial charge on any atom is -0.336 e. The number of nitrogens with one attached hydrogen (secondary N) is 3. The summed E-state index contributed by atoms with van der Waals surface area (Å²) >= 11 is 0. The van der Waals surface area contributed by atoms with E-state index >= 15 is 0 Å². The molecule has 112 valence electrons. The second-order valence-corrected chi connectivity index (χ2v) is 4.58. The van der Waals surface area contributed by atoms with Crippen LogP contribution in [0.15, 0.2) is 24.3 Å². The van der Waals surface area contributed by atoms with Crippen LogP contribution in [0.5, 0.6) is 0 Å². The summed E-state index contributed by atoms with van der Waals surface area (Å²) < 4.78 is 0. The normalized spacial score (nSPS) is 11.2. The molecular formula is C13H21ClN4O2. The number of benzene rings is 1. The van der Waals surface area contributed by atoms with Crippen LogP contribution in [0, 0.1) is 0 Å². The van der Waals surface area contributed by atoms with Crippen LogP contribution >= 0.6 is 12.4 Å². The molecule has 0 aliphatic heterocycles. The van der Waals surface area contributed by atoms with E-state index in [1.807, 2.05) is 13.8 Å². The van der Waals surface area contributed by atoms with E-state index in [0.29, 0.717) is 11.4 Å². The van der Waals surface area contributed by atoms with Crippen LogP contribution in [-0.4, -0.2) is 24.0 Å². The van der Waals surface area contributed by atoms with Gasteiger partial charge in [-0.25, -0.2) is 4.79 Å². The Morgan fingerprint density at radius 1 is 1.05 bits per heavy atom. The molecule has 6 nitrogen and oxygen atoms in total. The Bertz CT molecular complexity index is 463. The van der Waals surface area contributed by atoms with Crippen molar-refractivity contribution >= 4 is 35.7 Å². The van der Waals surface area contributed by atoms with E-state index in [9.17, 15) is 9.59 Å². The first-order valence-corrected chi connectivity index (χ1v) is 6.13. The summed E-state index contributed by atoms with van der Waals surface area (Å²) in [6.45, 7) is 5.32. The Morgan fingerprint density at radius 3 is 2.00 bits per heavy atom. The van der Waals surface area contributed by atoms with Gasteiger partial charge in [-0.05, 0) is 32.9 Å². The molecule has 0 spiro atoms. The fourth-order valence-electron chi connectivity index (χ4n) is 1.37. The van der Waals surface area contributed by atoms with Gasteiger partial charge >= 0.3 is 6.03 Å². The summed E-state index contributed by atoms with van der Waals surface area (Å²) in [4.78, 5) is 23.2. The number of halogens is 1. The number of carbonyl (C=O) groups is 2. The summed E-state index contributed by atoms with van der Waals surface area (Å²) in [5.41, 5.74) is 6.53. The van der Waals surface area contributed by atoms with Gasteiger partial charge in [0.2, 0.25) is 5.91 Å².